The van der Waals surface area contributed by atoms with Crippen LogP contribution in [0.4, 0.5) is 0 Å². The quantitative estimate of drug-likeness (QED) is 0.393. The predicted octanol–water partition coefficient (Wildman–Crippen LogP) is 1.80. The molecule has 0 saturated heterocycles. The molecule has 2 aromatic heterocycles. The number of pyridine rings is 2. The standard InChI is InChI=1S/C22H20N2O6/c1-3-22(28)15-8-17-19-12(9-24(17)20(26)14(15)10-29-21(22)27)7-13-16(23-19)5-4-6-18(13)30-11(2)25/h4-8,11,25,28H,3,9-10H2,1-2H3/t11?,22-/m0/s1. The molecule has 2 aliphatic rings. The predicted molar refractivity (Wildman–Crippen MR) is 107 cm³/mol. The summed E-state index contributed by atoms with van der Waals surface area (Å²) in [6.07, 6.45) is -0.876. The van der Waals surface area contributed by atoms with Gasteiger partial charge in [0, 0.05) is 16.5 Å². The van der Waals surface area contributed by atoms with Gasteiger partial charge in [0.1, 0.15) is 12.4 Å². The fourth-order valence-electron chi connectivity index (χ4n) is 4.26. The molecule has 2 N–H and O–H groups in total. The molecule has 2 atom stereocenters. The highest BCUT2D eigenvalue weighted by Crippen LogP contribution is 2.39. The van der Waals surface area contributed by atoms with Gasteiger partial charge >= 0.3 is 5.97 Å². The summed E-state index contributed by atoms with van der Waals surface area (Å²) < 4.78 is 12.2. The molecule has 1 aromatic carbocycles. The Morgan fingerprint density at radius 2 is 2.13 bits per heavy atom. The molecular weight excluding hydrogens is 388 g/mol. The summed E-state index contributed by atoms with van der Waals surface area (Å²) in [5, 5.41) is 21.2. The summed E-state index contributed by atoms with van der Waals surface area (Å²) in [4.78, 5) is 30.1. The lowest BCUT2D eigenvalue weighted by atomic mass is 9.86. The molecule has 4 heterocycles. The number of rotatable bonds is 3. The smallest absolute Gasteiger partial charge is 0.343 e. The molecule has 0 bridgehead atoms. The van der Waals surface area contributed by atoms with E-state index in [1.165, 1.54) is 6.92 Å². The molecule has 0 spiro atoms. The van der Waals surface area contributed by atoms with Gasteiger partial charge < -0.3 is 24.3 Å². The number of benzene rings is 1. The third-order valence-electron chi connectivity index (χ3n) is 5.81. The van der Waals surface area contributed by atoms with Gasteiger partial charge in [-0.05, 0) is 37.6 Å². The first kappa shape index (κ1) is 18.8. The van der Waals surface area contributed by atoms with Gasteiger partial charge in [0.05, 0.1) is 29.0 Å². The number of fused-ring (bicyclic) bond motifs is 5. The molecule has 8 nitrogen and oxygen atoms in total. The lowest BCUT2D eigenvalue weighted by molar-refractivity contribution is -0.172. The fraction of sp³-hybridized carbons (Fsp3) is 0.318. The Kier molecular flexibility index (Phi) is 4.00. The number of hydrogen-bond acceptors (Lipinski definition) is 7. The van der Waals surface area contributed by atoms with E-state index in [2.05, 4.69) is 0 Å². The second-order valence-electron chi connectivity index (χ2n) is 7.64. The van der Waals surface area contributed by atoms with Crippen molar-refractivity contribution in [1.82, 2.24) is 9.55 Å². The van der Waals surface area contributed by atoms with E-state index < -0.39 is 17.9 Å². The van der Waals surface area contributed by atoms with E-state index in [1.54, 1.807) is 29.7 Å². The zero-order valence-electron chi connectivity index (χ0n) is 16.5. The Labute approximate surface area is 171 Å². The van der Waals surface area contributed by atoms with Gasteiger partial charge in [-0.25, -0.2) is 9.78 Å². The number of aromatic nitrogens is 2. The molecule has 0 aliphatic carbocycles. The highest BCUT2D eigenvalue weighted by atomic mass is 16.6. The molecule has 154 valence electrons. The van der Waals surface area contributed by atoms with E-state index in [0.717, 1.165) is 10.9 Å². The molecule has 30 heavy (non-hydrogen) atoms. The number of cyclic esters (lactones) is 1. The third kappa shape index (κ3) is 2.50. The minimum Gasteiger partial charge on any atom is -0.465 e. The SMILES string of the molecule is CC[C@@]1(O)C(=O)OCc2c1cc1n(c2=O)Cc2cc3c(OC(C)O)cccc3nc2-1. The Bertz CT molecular complexity index is 1280. The van der Waals surface area contributed by atoms with Crippen LogP contribution in [-0.4, -0.2) is 32.0 Å². The molecule has 0 radical (unpaired) electrons. The summed E-state index contributed by atoms with van der Waals surface area (Å²) in [5.74, 6) is -0.244. The number of ether oxygens (including phenoxy) is 2. The summed E-state index contributed by atoms with van der Waals surface area (Å²) in [6.45, 7) is 3.34. The molecule has 1 unspecified atom stereocenters. The number of aliphatic hydroxyl groups is 2. The van der Waals surface area contributed by atoms with Gasteiger partial charge in [0.15, 0.2) is 11.9 Å². The van der Waals surface area contributed by atoms with Gasteiger partial charge in [-0.3, -0.25) is 4.79 Å². The van der Waals surface area contributed by atoms with Gasteiger partial charge in [-0.2, -0.15) is 0 Å². The van der Waals surface area contributed by atoms with Gasteiger partial charge in [-0.1, -0.05) is 13.0 Å². The topological polar surface area (TPSA) is 111 Å². The molecule has 0 amide bonds. The van der Waals surface area contributed by atoms with Crippen molar-refractivity contribution in [2.75, 3.05) is 0 Å². The summed E-state index contributed by atoms with van der Waals surface area (Å²) in [7, 11) is 0. The van der Waals surface area contributed by atoms with Crippen LogP contribution in [0.5, 0.6) is 5.75 Å². The number of carbonyl (C=O) groups is 1. The zero-order chi connectivity index (χ0) is 21.2. The maximum atomic E-state index is 13.2. The van der Waals surface area contributed by atoms with Crippen molar-refractivity contribution in [3.63, 3.8) is 0 Å². The van der Waals surface area contributed by atoms with Crippen molar-refractivity contribution in [2.45, 2.75) is 45.3 Å². The monoisotopic (exact) mass is 408 g/mol. The van der Waals surface area contributed by atoms with Crippen LogP contribution < -0.4 is 10.3 Å². The van der Waals surface area contributed by atoms with Crippen LogP contribution in [0.25, 0.3) is 22.3 Å². The number of carbonyl (C=O) groups excluding carboxylic acids is 1. The Hall–Kier alpha value is -3.23. The van der Waals surface area contributed by atoms with Crippen LogP contribution in [0, 0.1) is 0 Å². The lowest BCUT2D eigenvalue weighted by Crippen LogP contribution is -2.44. The van der Waals surface area contributed by atoms with Crippen molar-refractivity contribution in [2.24, 2.45) is 0 Å². The van der Waals surface area contributed by atoms with E-state index in [1.807, 2.05) is 12.1 Å². The summed E-state index contributed by atoms with van der Waals surface area (Å²) >= 11 is 0. The Morgan fingerprint density at radius 1 is 1.33 bits per heavy atom. The number of hydrogen-bond donors (Lipinski definition) is 2. The van der Waals surface area contributed by atoms with Crippen LogP contribution in [0.15, 0.2) is 35.1 Å². The third-order valence-corrected chi connectivity index (χ3v) is 5.81. The van der Waals surface area contributed by atoms with Crippen molar-refractivity contribution in [1.29, 1.82) is 0 Å². The van der Waals surface area contributed by atoms with Crippen molar-refractivity contribution in [3.05, 3.63) is 57.4 Å². The van der Waals surface area contributed by atoms with Gasteiger partial charge in [-0.15, -0.1) is 0 Å². The highest BCUT2D eigenvalue weighted by Gasteiger charge is 2.45. The number of aliphatic hydroxyl groups excluding tert-OH is 1. The van der Waals surface area contributed by atoms with E-state index in [4.69, 9.17) is 14.5 Å². The Morgan fingerprint density at radius 3 is 2.87 bits per heavy atom. The molecular formula is C22H20N2O6. The largest absolute Gasteiger partial charge is 0.465 e. The number of nitrogens with zero attached hydrogens (tertiary/aromatic N) is 2. The minimum atomic E-state index is -1.85. The van der Waals surface area contributed by atoms with E-state index in [0.29, 0.717) is 34.8 Å². The lowest BCUT2D eigenvalue weighted by Gasteiger charge is -2.31. The van der Waals surface area contributed by atoms with Crippen LogP contribution in [0.3, 0.4) is 0 Å². The van der Waals surface area contributed by atoms with E-state index >= 15 is 0 Å². The van der Waals surface area contributed by atoms with Crippen molar-refractivity contribution < 1.29 is 24.5 Å². The molecule has 0 saturated carbocycles. The molecule has 0 fully saturated rings. The first-order valence-electron chi connectivity index (χ1n) is 9.78. The van der Waals surface area contributed by atoms with Gasteiger partial charge in [0.25, 0.3) is 5.56 Å². The van der Waals surface area contributed by atoms with E-state index in [-0.39, 0.29) is 24.2 Å². The molecule has 2 aliphatic heterocycles. The van der Waals surface area contributed by atoms with Crippen LogP contribution in [-0.2, 0) is 28.3 Å². The maximum Gasteiger partial charge on any atom is 0.343 e. The van der Waals surface area contributed by atoms with Crippen molar-refractivity contribution >= 4 is 16.9 Å². The molecule has 8 heteroatoms. The van der Waals surface area contributed by atoms with Crippen LogP contribution >= 0.6 is 0 Å². The first-order valence-corrected chi connectivity index (χ1v) is 9.78. The molecule has 3 aromatic rings. The maximum absolute atomic E-state index is 13.2. The zero-order valence-corrected chi connectivity index (χ0v) is 16.5. The highest BCUT2D eigenvalue weighted by molar-refractivity contribution is 5.89. The average Bonchev–Trinajstić information content (AvgIpc) is 3.08. The first-order chi connectivity index (χ1) is 14.3. The summed E-state index contributed by atoms with van der Waals surface area (Å²) in [6, 6.07) is 8.93. The minimum absolute atomic E-state index is 0.0970. The fourth-order valence-corrected chi connectivity index (χ4v) is 4.26. The molecule has 5 rings (SSSR count). The van der Waals surface area contributed by atoms with Gasteiger partial charge in [0.2, 0.25) is 0 Å². The second kappa shape index (κ2) is 6.38. The average molecular weight is 408 g/mol. The summed E-state index contributed by atoms with van der Waals surface area (Å²) in [5.41, 5.74) is 1.07. The van der Waals surface area contributed by atoms with Crippen LogP contribution in [0.2, 0.25) is 0 Å². The number of esters is 1. The van der Waals surface area contributed by atoms with E-state index in [9.17, 15) is 19.8 Å². The normalized spacial score (nSPS) is 20.3. The Balaban J connectivity index is 1.74. The van der Waals surface area contributed by atoms with Crippen molar-refractivity contribution in [3.8, 4) is 17.1 Å². The second-order valence-corrected chi connectivity index (χ2v) is 7.64. The van der Waals surface area contributed by atoms with Crippen LogP contribution in [0.1, 0.15) is 37.0 Å².